The molecule has 0 aliphatic carbocycles. The predicted octanol–water partition coefficient (Wildman–Crippen LogP) is 2.21. The van der Waals surface area contributed by atoms with Crippen LogP contribution in [-0.4, -0.2) is 25.9 Å². The van der Waals surface area contributed by atoms with Crippen LogP contribution in [-0.2, 0) is 16.4 Å². The molecular weight excluding hydrogens is 276 g/mol. The Bertz CT molecular complexity index is 635. The van der Waals surface area contributed by atoms with E-state index >= 15 is 0 Å². The first-order valence-corrected chi connectivity index (χ1v) is 8.24. The zero-order valence-corrected chi connectivity index (χ0v) is 12.2. The van der Waals surface area contributed by atoms with Crippen molar-refractivity contribution in [2.24, 2.45) is 0 Å². The number of sulfonamides is 1. The van der Waals surface area contributed by atoms with Gasteiger partial charge in [-0.3, -0.25) is 0 Å². The maximum absolute atomic E-state index is 11.5. The van der Waals surface area contributed by atoms with Gasteiger partial charge in [0.05, 0.1) is 11.4 Å². The second-order valence-corrected chi connectivity index (χ2v) is 6.44. The summed E-state index contributed by atoms with van der Waals surface area (Å²) in [5.74, 6) is 0.846. The van der Waals surface area contributed by atoms with Gasteiger partial charge in [0.2, 0.25) is 10.0 Å². The van der Waals surface area contributed by atoms with E-state index in [1.165, 1.54) is 0 Å². The summed E-state index contributed by atoms with van der Waals surface area (Å²) in [6.07, 6.45) is 1.12. The molecule has 0 aliphatic rings. The van der Waals surface area contributed by atoms with Crippen molar-refractivity contribution in [1.82, 2.24) is 9.88 Å². The number of hydrogen-bond acceptors (Lipinski definition) is 4. The first-order valence-electron chi connectivity index (χ1n) is 6.59. The molecule has 1 N–H and O–H groups in total. The van der Waals surface area contributed by atoms with Gasteiger partial charge in [-0.2, -0.15) is 0 Å². The van der Waals surface area contributed by atoms with Crippen molar-refractivity contribution in [1.29, 1.82) is 0 Å². The van der Waals surface area contributed by atoms with Crippen LogP contribution in [0.3, 0.4) is 0 Å². The molecule has 0 unspecified atom stereocenters. The highest BCUT2D eigenvalue weighted by atomic mass is 32.2. The number of aromatic nitrogens is 1. The summed E-state index contributed by atoms with van der Waals surface area (Å²) < 4.78 is 30.8. The quantitative estimate of drug-likeness (QED) is 0.850. The molecule has 1 aromatic carbocycles. The molecule has 1 aromatic heterocycles. The van der Waals surface area contributed by atoms with E-state index in [2.05, 4.69) is 9.88 Å². The van der Waals surface area contributed by atoms with Crippen molar-refractivity contribution >= 4 is 10.0 Å². The Morgan fingerprint density at radius 3 is 2.70 bits per heavy atom. The second-order valence-electron chi connectivity index (χ2n) is 4.51. The molecule has 2 rings (SSSR count). The third kappa shape index (κ3) is 4.18. The first-order chi connectivity index (χ1) is 9.61. The summed E-state index contributed by atoms with van der Waals surface area (Å²) in [5.41, 5.74) is 1.70. The summed E-state index contributed by atoms with van der Waals surface area (Å²) in [6.45, 7) is 2.17. The zero-order chi connectivity index (χ0) is 14.4. The van der Waals surface area contributed by atoms with Gasteiger partial charge in [0.25, 0.3) is 0 Å². The summed E-state index contributed by atoms with van der Waals surface area (Å²) in [7, 11) is -3.16. The van der Waals surface area contributed by atoms with E-state index in [1.54, 1.807) is 0 Å². The third-order valence-corrected chi connectivity index (χ3v) is 4.38. The maximum Gasteiger partial charge on any atom is 0.211 e. The molecule has 5 nitrogen and oxygen atoms in total. The molecule has 0 radical (unpaired) electrons. The summed E-state index contributed by atoms with van der Waals surface area (Å²) in [4.78, 5) is 0. The maximum atomic E-state index is 11.5. The van der Waals surface area contributed by atoms with Crippen molar-refractivity contribution in [3.8, 4) is 11.3 Å². The van der Waals surface area contributed by atoms with Gasteiger partial charge in [-0.15, -0.1) is 0 Å². The van der Waals surface area contributed by atoms with E-state index in [4.69, 9.17) is 4.52 Å². The van der Waals surface area contributed by atoms with Crippen LogP contribution in [0.1, 0.15) is 19.0 Å². The number of nitrogens with one attached hydrogen (secondary N) is 1. The zero-order valence-electron chi connectivity index (χ0n) is 11.4. The minimum Gasteiger partial charge on any atom is -0.356 e. The normalized spacial score (nSPS) is 11.7. The summed E-state index contributed by atoms with van der Waals surface area (Å²) in [6, 6.07) is 11.5. The molecule has 2 aromatic rings. The Morgan fingerprint density at radius 2 is 2.00 bits per heavy atom. The van der Waals surface area contributed by atoms with Gasteiger partial charge in [-0.1, -0.05) is 42.4 Å². The fraction of sp³-hybridized carbons (Fsp3) is 0.357. The van der Waals surface area contributed by atoms with Gasteiger partial charge in [0, 0.05) is 24.6 Å². The number of rotatable bonds is 7. The molecule has 0 saturated carbocycles. The van der Waals surface area contributed by atoms with Crippen molar-refractivity contribution in [3.63, 3.8) is 0 Å². The predicted molar refractivity (Wildman–Crippen MR) is 77.7 cm³/mol. The molecule has 0 amide bonds. The topological polar surface area (TPSA) is 72.2 Å². The van der Waals surface area contributed by atoms with E-state index in [9.17, 15) is 8.42 Å². The molecule has 20 heavy (non-hydrogen) atoms. The number of nitrogens with zero attached hydrogens (tertiary/aromatic N) is 1. The summed E-state index contributed by atoms with van der Waals surface area (Å²) in [5, 5.41) is 3.95. The number of benzene rings is 1. The third-order valence-electron chi connectivity index (χ3n) is 2.79. The van der Waals surface area contributed by atoms with Crippen molar-refractivity contribution in [2.75, 3.05) is 12.3 Å². The fourth-order valence-electron chi connectivity index (χ4n) is 1.84. The lowest BCUT2D eigenvalue weighted by Crippen LogP contribution is -2.28. The highest BCUT2D eigenvalue weighted by Gasteiger charge is 2.10. The molecule has 1 heterocycles. The van der Waals surface area contributed by atoms with E-state index in [-0.39, 0.29) is 5.75 Å². The Kier molecular flexibility index (Phi) is 4.92. The van der Waals surface area contributed by atoms with Crippen LogP contribution in [0.25, 0.3) is 11.3 Å². The van der Waals surface area contributed by atoms with E-state index in [1.807, 2.05) is 43.3 Å². The minimum atomic E-state index is -3.16. The monoisotopic (exact) mass is 294 g/mol. The van der Waals surface area contributed by atoms with Gasteiger partial charge in [0.1, 0.15) is 0 Å². The number of hydrogen-bond donors (Lipinski definition) is 1. The van der Waals surface area contributed by atoms with Crippen LogP contribution >= 0.6 is 0 Å². The van der Waals surface area contributed by atoms with Crippen LogP contribution in [0.5, 0.6) is 0 Å². The standard InChI is InChI=1S/C14H18N2O3S/c1-2-10-20(17,18)15-9-8-13-11-14(19-16-13)12-6-4-3-5-7-12/h3-7,11,15H,2,8-10H2,1H3. The van der Waals surface area contributed by atoms with Crippen LogP contribution < -0.4 is 4.72 Å². The van der Waals surface area contributed by atoms with Gasteiger partial charge < -0.3 is 4.52 Å². The van der Waals surface area contributed by atoms with E-state index < -0.39 is 10.0 Å². The fourth-order valence-corrected chi connectivity index (χ4v) is 2.94. The van der Waals surface area contributed by atoms with Crippen LogP contribution in [0.2, 0.25) is 0 Å². The second kappa shape index (κ2) is 6.67. The Morgan fingerprint density at radius 1 is 1.25 bits per heavy atom. The average molecular weight is 294 g/mol. The van der Waals surface area contributed by atoms with E-state index in [0.29, 0.717) is 25.1 Å². The highest BCUT2D eigenvalue weighted by Crippen LogP contribution is 2.19. The van der Waals surface area contributed by atoms with Crippen molar-refractivity contribution in [3.05, 3.63) is 42.1 Å². The lowest BCUT2D eigenvalue weighted by atomic mass is 10.1. The molecule has 0 fully saturated rings. The molecule has 108 valence electrons. The van der Waals surface area contributed by atoms with E-state index in [0.717, 1.165) is 11.3 Å². The summed E-state index contributed by atoms with van der Waals surface area (Å²) >= 11 is 0. The van der Waals surface area contributed by atoms with Crippen LogP contribution in [0.4, 0.5) is 0 Å². The van der Waals surface area contributed by atoms with Crippen molar-refractivity contribution in [2.45, 2.75) is 19.8 Å². The van der Waals surface area contributed by atoms with Gasteiger partial charge >= 0.3 is 0 Å². The van der Waals surface area contributed by atoms with Gasteiger partial charge in [-0.05, 0) is 6.42 Å². The Balaban J connectivity index is 1.91. The average Bonchev–Trinajstić information content (AvgIpc) is 2.88. The molecule has 0 spiro atoms. The lowest BCUT2D eigenvalue weighted by molar-refractivity contribution is 0.423. The van der Waals surface area contributed by atoms with Crippen LogP contribution in [0.15, 0.2) is 40.9 Å². The molecule has 0 aliphatic heterocycles. The molecule has 0 bridgehead atoms. The Hall–Kier alpha value is -1.66. The first kappa shape index (κ1) is 14.7. The van der Waals surface area contributed by atoms with Gasteiger partial charge in [-0.25, -0.2) is 13.1 Å². The minimum absolute atomic E-state index is 0.154. The lowest BCUT2D eigenvalue weighted by Gasteiger charge is -2.03. The smallest absolute Gasteiger partial charge is 0.211 e. The van der Waals surface area contributed by atoms with Crippen LogP contribution in [0, 0.1) is 0 Å². The molecule has 6 heteroatoms. The van der Waals surface area contributed by atoms with Crippen molar-refractivity contribution < 1.29 is 12.9 Å². The van der Waals surface area contributed by atoms with Gasteiger partial charge in [0.15, 0.2) is 5.76 Å². The highest BCUT2D eigenvalue weighted by molar-refractivity contribution is 7.89. The molecular formula is C14H18N2O3S. The molecule has 0 atom stereocenters. The SMILES string of the molecule is CCCS(=O)(=O)NCCc1cc(-c2ccccc2)on1. The Labute approximate surface area is 119 Å². The molecule has 0 saturated heterocycles. The largest absolute Gasteiger partial charge is 0.356 e.